The monoisotopic (exact) mass is 287 g/mol. The number of esters is 1. The zero-order chi connectivity index (χ0) is 14.2. The molecule has 0 aliphatic heterocycles. The van der Waals surface area contributed by atoms with Crippen molar-refractivity contribution >= 4 is 23.4 Å². The van der Waals surface area contributed by atoms with Gasteiger partial charge in [-0.25, -0.2) is 4.79 Å². The van der Waals surface area contributed by atoms with Gasteiger partial charge in [0.05, 0.1) is 18.8 Å². The van der Waals surface area contributed by atoms with E-state index in [4.69, 9.17) is 0 Å². The predicted molar refractivity (Wildman–Crippen MR) is 63.7 cm³/mol. The molecule has 0 heterocycles. The number of thioether (sulfide) groups is 1. The van der Waals surface area contributed by atoms with Crippen molar-refractivity contribution < 1.29 is 27.5 Å². The zero-order valence-corrected chi connectivity index (χ0v) is 11.2. The fourth-order valence-corrected chi connectivity index (χ4v) is 2.30. The lowest BCUT2D eigenvalue weighted by Crippen LogP contribution is -2.28. The van der Waals surface area contributed by atoms with Gasteiger partial charge in [-0.3, -0.25) is 0 Å². The SMILES string of the molecule is CCC(SCCC(F)(F)F)C(=NOC)C(=O)OC. The molecule has 0 spiro atoms. The number of halogens is 3. The minimum atomic E-state index is -4.20. The van der Waals surface area contributed by atoms with Gasteiger partial charge in [0, 0.05) is 5.75 Å². The van der Waals surface area contributed by atoms with Crippen molar-refractivity contribution in [2.75, 3.05) is 20.0 Å². The van der Waals surface area contributed by atoms with Crippen LogP contribution in [0.25, 0.3) is 0 Å². The molecule has 0 radical (unpaired) electrons. The van der Waals surface area contributed by atoms with Crippen LogP contribution in [0.5, 0.6) is 0 Å². The van der Waals surface area contributed by atoms with Crippen molar-refractivity contribution in [3.8, 4) is 0 Å². The van der Waals surface area contributed by atoms with Crippen LogP contribution in [0.4, 0.5) is 13.2 Å². The maximum Gasteiger partial charge on any atom is 0.389 e. The van der Waals surface area contributed by atoms with E-state index in [2.05, 4.69) is 14.7 Å². The summed E-state index contributed by atoms with van der Waals surface area (Å²) >= 11 is 1.01. The summed E-state index contributed by atoms with van der Waals surface area (Å²) < 4.78 is 40.6. The Kier molecular flexibility index (Phi) is 7.81. The Bertz CT molecular complexity index is 295. The van der Waals surface area contributed by atoms with Crippen LogP contribution in [0, 0.1) is 0 Å². The highest BCUT2D eigenvalue weighted by molar-refractivity contribution is 8.00. The first-order chi connectivity index (χ1) is 8.35. The van der Waals surface area contributed by atoms with Crippen LogP contribution in [0.2, 0.25) is 0 Å². The largest absolute Gasteiger partial charge is 0.464 e. The summed E-state index contributed by atoms with van der Waals surface area (Å²) in [6.45, 7) is 1.75. The molecule has 106 valence electrons. The Morgan fingerprint density at radius 3 is 2.39 bits per heavy atom. The van der Waals surface area contributed by atoms with E-state index in [0.29, 0.717) is 6.42 Å². The third-order valence-electron chi connectivity index (χ3n) is 1.96. The Balaban J connectivity index is 4.53. The van der Waals surface area contributed by atoms with Crippen LogP contribution in [0.3, 0.4) is 0 Å². The molecule has 0 amide bonds. The highest BCUT2D eigenvalue weighted by Crippen LogP contribution is 2.25. The Hall–Kier alpha value is -0.920. The average molecular weight is 287 g/mol. The van der Waals surface area contributed by atoms with Gasteiger partial charge >= 0.3 is 12.1 Å². The second kappa shape index (κ2) is 8.23. The van der Waals surface area contributed by atoms with Crippen LogP contribution in [-0.2, 0) is 14.4 Å². The molecule has 0 aliphatic rings. The molecule has 0 fully saturated rings. The number of rotatable bonds is 7. The number of hydrogen-bond donors (Lipinski definition) is 0. The van der Waals surface area contributed by atoms with Gasteiger partial charge in [0.2, 0.25) is 0 Å². The average Bonchev–Trinajstić information content (AvgIpc) is 2.30. The second-order valence-corrected chi connectivity index (χ2v) is 4.59. The summed E-state index contributed by atoms with van der Waals surface area (Å²) in [5, 5.41) is 3.05. The molecule has 0 aromatic carbocycles. The molecule has 0 aromatic rings. The highest BCUT2D eigenvalue weighted by atomic mass is 32.2. The lowest BCUT2D eigenvalue weighted by atomic mass is 10.2. The van der Waals surface area contributed by atoms with Crippen LogP contribution >= 0.6 is 11.8 Å². The van der Waals surface area contributed by atoms with E-state index in [-0.39, 0.29) is 11.5 Å². The summed E-state index contributed by atoms with van der Waals surface area (Å²) in [7, 11) is 2.44. The van der Waals surface area contributed by atoms with E-state index in [1.807, 2.05) is 0 Å². The number of ether oxygens (including phenoxy) is 1. The minimum absolute atomic E-state index is 0.00493. The summed E-state index contributed by atoms with van der Waals surface area (Å²) in [6, 6.07) is 0. The van der Waals surface area contributed by atoms with E-state index in [1.165, 1.54) is 14.2 Å². The molecule has 1 atom stereocenters. The van der Waals surface area contributed by atoms with E-state index >= 15 is 0 Å². The Morgan fingerprint density at radius 2 is 2.00 bits per heavy atom. The van der Waals surface area contributed by atoms with Gasteiger partial charge in [-0.2, -0.15) is 24.9 Å². The molecular formula is C10H16F3NO3S. The summed E-state index contributed by atoms with van der Waals surface area (Å²) in [4.78, 5) is 15.9. The molecular weight excluding hydrogens is 271 g/mol. The van der Waals surface area contributed by atoms with Crippen molar-refractivity contribution in [2.45, 2.75) is 31.2 Å². The number of hydrogen-bond acceptors (Lipinski definition) is 5. The van der Waals surface area contributed by atoms with Crippen molar-refractivity contribution in [2.24, 2.45) is 5.16 Å². The summed E-state index contributed by atoms with van der Waals surface area (Å²) in [5.41, 5.74) is -0.00493. The Labute approximate surface area is 108 Å². The molecule has 18 heavy (non-hydrogen) atoms. The van der Waals surface area contributed by atoms with Crippen molar-refractivity contribution in [1.29, 1.82) is 0 Å². The standard InChI is InChI=1S/C10H16F3NO3S/c1-4-7(18-6-5-10(11,12)13)8(14-17-3)9(15)16-2/h7H,4-6H2,1-3H3. The zero-order valence-electron chi connectivity index (χ0n) is 10.4. The molecule has 0 bridgehead atoms. The summed E-state index contributed by atoms with van der Waals surface area (Å²) in [5.74, 6) is -0.829. The number of alkyl halides is 3. The van der Waals surface area contributed by atoms with E-state index in [9.17, 15) is 18.0 Å². The quantitative estimate of drug-likeness (QED) is 0.410. The second-order valence-electron chi connectivity index (χ2n) is 3.28. The van der Waals surface area contributed by atoms with Crippen molar-refractivity contribution in [3.05, 3.63) is 0 Å². The van der Waals surface area contributed by atoms with E-state index in [0.717, 1.165) is 11.8 Å². The number of carbonyl (C=O) groups is 1. The molecule has 0 rings (SSSR count). The highest BCUT2D eigenvalue weighted by Gasteiger charge is 2.29. The van der Waals surface area contributed by atoms with Gasteiger partial charge in [0.25, 0.3) is 0 Å². The Morgan fingerprint density at radius 1 is 1.39 bits per heavy atom. The first-order valence-corrected chi connectivity index (χ1v) is 6.28. The third-order valence-corrected chi connectivity index (χ3v) is 3.36. The molecule has 4 nitrogen and oxygen atoms in total. The predicted octanol–water partition coefficient (Wildman–Crippen LogP) is 2.63. The lowest BCUT2D eigenvalue weighted by molar-refractivity contribution is -0.133. The van der Waals surface area contributed by atoms with Crippen LogP contribution in [-0.4, -0.2) is 43.1 Å². The van der Waals surface area contributed by atoms with Gasteiger partial charge in [-0.15, -0.1) is 0 Å². The van der Waals surface area contributed by atoms with E-state index in [1.54, 1.807) is 6.92 Å². The lowest BCUT2D eigenvalue weighted by Gasteiger charge is -2.15. The van der Waals surface area contributed by atoms with Crippen molar-refractivity contribution in [3.63, 3.8) is 0 Å². The fourth-order valence-electron chi connectivity index (χ4n) is 1.14. The normalized spacial score (nSPS) is 14.2. The van der Waals surface area contributed by atoms with Gasteiger partial charge in [-0.05, 0) is 6.42 Å². The van der Waals surface area contributed by atoms with Crippen LogP contribution in [0.1, 0.15) is 19.8 Å². The molecule has 0 aliphatic carbocycles. The molecule has 0 aromatic heterocycles. The van der Waals surface area contributed by atoms with Gasteiger partial charge in [0.15, 0.2) is 5.71 Å². The third kappa shape index (κ3) is 6.73. The number of methoxy groups -OCH3 is 1. The van der Waals surface area contributed by atoms with Crippen LogP contribution in [0.15, 0.2) is 5.16 Å². The van der Waals surface area contributed by atoms with Gasteiger partial charge in [0.1, 0.15) is 7.11 Å². The topological polar surface area (TPSA) is 47.9 Å². The first kappa shape index (κ1) is 17.1. The first-order valence-electron chi connectivity index (χ1n) is 5.23. The summed E-state index contributed by atoms with van der Waals surface area (Å²) in [6.07, 6.45) is -4.65. The number of carbonyl (C=O) groups excluding carboxylic acids is 1. The molecule has 0 saturated carbocycles. The number of nitrogens with zero attached hydrogens (tertiary/aromatic N) is 1. The van der Waals surface area contributed by atoms with Crippen molar-refractivity contribution in [1.82, 2.24) is 0 Å². The van der Waals surface area contributed by atoms with E-state index < -0.39 is 23.8 Å². The maximum atomic E-state index is 12.0. The molecule has 0 saturated heterocycles. The fraction of sp³-hybridized carbons (Fsp3) is 0.800. The molecule has 8 heteroatoms. The van der Waals surface area contributed by atoms with Gasteiger partial charge in [-0.1, -0.05) is 12.1 Å². The molecule has 0 N–H and O–H groups in total. The van der Waals surface area contributed by atoms with Gasteiger partial charge < -0.3 is 9.57 Å². The maximum absolute atomic E-state index is 12.0. The smallest absolute Gasteiger partial charge is 0.389 e. The van der Waals surface area contributed by atoms with Crippen LogP contribution < -0.4 is 0 Å². The minimum Gasteiger partial charge on any atom is -0.464 e. The number of oxime groups is 1. The molecule has 1 unspecified atom stereocenters.